The highest BCUT2D eigenvalue weighted by atomic mass is 79.9. The van der Waals surface area contributed by atoms with Crippen LogP contribution in [0.4, 0.5) is 0 Å². The van der Waals surface area contributed by atoms with Crippen molar-refractivity contribution < 1.29 is 9.90 Å². The minimum atomic E-state index is -0.684. The molecule has 1 N–H and O–H groups in total. The Labute approximate surface area is 150 Å². The molecule has 3 atom stereocenters. The molecule has 2 aliphatic rings. The Morgan fingerprint density at radius 2 is 2.17 bits per heavy atom. The zero-order valence-corrected chi connectivity index (χ0v) is 15.1. The van der Waals surface area contributed by atoms with Gasteiger partial charge >= 0.3 is 5.97 Å². The van der Waals surface area contributed by atoms with Crippen molar-refractivity contribution in [2.75, 3.05) is 0 Å². The Bertz CT molecular complexity index is 779. The van der Waals surface area contributed by atoms with Crippen LogP contribution in [0, 0.1) is 5.92 Å². The van der Waals surface area contributed by atoms with E-state index in [4.69, 9.17) is 0 Å². The van der Waals surface area contributed by atoms with Crippen LogP contribution in [0.2, 0.25) is 0 Å². The van der Waals surface area contributed by atoms with Crippen molar-refractivity contribution in [3.63, 3.8) is 0 Å². The zero-order chi connectivity index (χ0) is 16.7. The summed E-state index contributed by atoms with van der Waals surface area (Å²) in [7, 11) is 0. The maximum absolute atomic E-state index is 11.8. The van der Waals surface area contributed by atoms with Crippen LogP contribution in [0.25, 0.3) is 10.9 Å². The maximum atomic E-state index is 11.8. The Kier molecular flexibility index (Phi) is 4.31. The summed E-state index contributed by atoms with van der Waals surface area (Å²) in [5, 5.41) is 10.8. The quantitative estimate of drug-likeness (QED) is 0.854. The fourth-order valence-corrected chi connectivity index (χ4v) is 5.09. The highest BCUT2D eigenvalue weighted by Crippen LogP contribution is 2.41. The summed E-state index contributed by atoms with van der Waals surface area (Å²) in [4.78, 5) is 18.6. The van der Waals surface area contributed by atoms with E-state index in [1.54, 1.807) is 0 Å². The minimum Gasteiger partial charge on any atom is -0.480 e. The van der Waals surface area contributed by atoms with E-state index in [9.17, 15) is 9.90 Å². The molecule has 1 aliphatic carbocycles. The van der Waals surface area contributed by atoms with E-state index < -0.39 is 5.97 Å². The maximum Gasteiger partial charge on any atom is 0.320 e. The van der Waals surface area contributed by atoms with Gasteiger partial charge in [-0.3, -0.25) is 14.7 Å². The predicted molar refractivity (Wildman–Crippen MR) is 96.8 cm³/mol. The first kappa shape index (κ1) is 16.0. The average Bonchev–Trinajstić information content (AvgIpc) is 2.94. The number of carboxylic acid groups (broad SMARTS) is 1. The van der Waals surface area contributed by atoms with E-state index in [0.29, 0.717) is 18.5 Å². The second-order valence-corrected chi connectivity index (χ2v) is 7.93. The van der Waals surface area contributed by atoms with E-state index in [1.165, 1.54) is 19.3 Å². The molecule has 1 aromatic carbocycles. The van der Waals surface area contributed by atoms with Gasteiger partial charge in [-0.2, -0.15) is 0 Å². The molecule has 1 aromatic heterocycles. The van der Waals surface area contributed by atoms with Crippen molar-refractivity contribution in [1.29, 1.82) is 0 Å². The second kappa shape index (κ2) is 6.45. The number of fused-ring (bicyclic) bond motifs is 2. The lowest BCUT2D eigenvalue weighted by molar-refractivity contribution is -0.142. The summed E-state index contributed by atoms with van der Waals surface area (Å²) in [5.74, 6) is -0.150. The number of carboxylic acids is 1. The van der Waals surface area contributed by atoms with Gasteiger partial charge in [0.1, 0.15) is 6.04 Å². The number of nitrogens with zero attached hydrogens (tertiary/aromatic N) is 2. The molecule has 4 nitrogen and oxygen atoms in total. The van der Waals surface area contributed by atoms with E-state index >= 15 is 0 Å². The molecular formula is C19H21BrN2O2. The van der Waals surface area contributed by atoms with Gasteiger partial charge in [0.15, 0.2) is 0 Å². The molecule has 126 valence electrons. The van der Waals surface area contributed by atoms with E-state index in [0.717, 1.165) is 33.8 Å². The van der Waals surface area contributed by atoms with Crippen molar-refractivity contribution in [3.05, 3.63) is 40.5 Å². The van der Waals surface area contributed by atoms with Crippen molar-refractivity contribution in [2.45, 2.75) is 50.7 Å². The summed E-state index contributed by atoms with van der Waals surface area (Å²) in [6.07, 6.45) is 7.33. The molecule has 4 rings (SSSR count). The van der Waals surface area contributed by atoms with Gasteiger partial charge < -0.3 is 5.11 Å². The van der Waals surface area contributed by atoms with Gasteiger partial charge in [0.2, 0.25) is 0 Å². The molecule has 0 amide bonds. The standard InChI is InChI=1S/C19H21BrN2O2/c20-15-8-13-5-3-7-21-18(13)14(9-15)11-22-16-6-2-1-4-12(16)10-17(22)19(23)24/h3,5,7-9,12,16-17H,1-2,4,6,10-11H2,(H,23,24). The number of hydrogen-bond acceptors (Lipinski definition) is 3. The number of hydrogen-bond donors (Lipinski definition) is 1. The summed E-state index contributed by atoms with van der Waals surface area (Å²) in [6.45, 7) is 0.658. The lowest BCUT2D eigenvalue weighted by Gasteiger charge is -2.33. The van der Waals surface area contributed by atoms with Crippen LogP contribution in [-0.2, 0) is 11.3 Å². The normalized spacial score (nSPS) is 27.3. The Hall–Kier alpha value is -1.46. The monoisotopic (exact) mass is 388 g/mol. The summed E-state index contributed by atoms with van der Waals surface area (Å²) < 4.78 is 1.02. The first-order valence-electron chi connectivity index (χ1n) is 8.65. The van der Waals surface area contributed by atoms with Crippen molar-refractivity contribution in [1.82, 2.24) is 9.88 Å². The van der Waals surface area contributed by atoms with Gasteiger partial charge in [-0.05, 0) is 48.9 Å². The van der Waals surface area contributed by atoms with Gasteiger partial charge in [0.05, 0.1) is 5.52 Å². The van der Waals surface area contributed by atoms with Gasteiger partial charge in [0, 0.05) is 28.6 Å². The first-order chi connectivity index (χ1) is 11.6. The number of halogens is 1. The molecule has 1 aliphatic heterocycles. The van der Waals surface area contributed by atoms with E-state index in [2.05, 4.69) is 44.0 Å². The van der Waals surface area contributed by atoms with E-state index in [-0.39, 0.29) is 6.04 Å². The van der Waals surface area contributed by atoms with Gasteiger partial charge in [-0.25, -0.2) is 0 Å². The lowest BCUT2D eigenvalue weighted by Crippen LogP contribution is -2.41. The number of carbonyl (C=O) groups is 1. The van der Waals surface area contributed by atoms with Gasteiger partial charge in [-0.15, -0.1) is 0 Å². The smallest absolute Gasteiger partial charge is 0.320 e. The number of benzene rings is 1. The van der Waals surface area contributed by atoms with Crippen LogP contribution >= 0.6 is 15.9 Å². The molecule has 2 aromatic rings. The number of likely N-dealkylation sites (tertiary alicyclic amines) is 1. The number of rotatable bonds is 3. The largest absolute Gasteiger partial charge is 0.480 e. The van der Waals surface area contributed by atoms with Crippen LogP contribution in [0.5, 0.6) is 0 Å². The highest BCUT2D eigenvalue weighted by Gasteiger charge is 2.45. The molecule has 0 radical (unpaired) electrons. The third-order valence-electron chi connectivity index (χ3n) is 5.61. The number of aromatic nitrogens is 1. The van der Waals surface area contributed by atoms with Crippen LogP contribution in [0.1, 0.15) is 37.7 Å². The summed E-state index contributed by atoms with van der Waals surface area (Å²) in [6, 6.07) is 8.18. The number of aliphatic carboxylic acids is 1. The van der Waals surface area contributed by atoms with E-state index in [1.807, 2.05) is 12.3 Å². The molecule has 5 heteroatoms. The Balaban J connectivity index is 1.71. The predicted octanol–water partition coefficient (Wildman–Crippen LogP) is 4.22. The minimum absolute atomic E-state index is 0.365. The molecule has 0 spiro atoms. The molecule has 1 saturated carbocycles. The Morgan fingerprint density at radius 1 is 1.33 bits per heavy atom. The molecule has 1 saturated heterocycles. The second-order valence-electron chi connectivity index (χ2n) is 7.01. The van der Waals surface area contributed by atoms with Crippen molar-refractivity contribution in [3.8, 4) is 0 Å². The summed E-state index contributed by atoms with van der Waals surface area (Å²) in [5.41, 5.74) is 2.08. The molecule has 0 bridgehead atoms. The Morgan fingerprint density at radius 3 is 3.00 bits per heavy atom. The van der Waals surface area contributed by atoms with Crippen LogP contribution in [-0.4, -0.2) is 33.0 Å². The lowest BCUT2D eigenvalue weighted by atomic mass is 9.84. The molecule has 2 heterocycles. The first-order valence-corrected chi connectivity index (χ1v) is 9.44. The van der Waals surface area contributed by atoms with Crippen LogP contribution < -0.4 is 0 Å². The van der Waals surface area contributed by atoms with Crippen LogP contribution in [0.3, 0.4) is 0 Å². The third-order valence-corrected chi connectivity index (χ3v) is 6.07. The van der Waals surface area contributed by atoms with Crippen molar-refractivity contribution >= 4 is 32.8 Å². The van der Waals surface area contributed by atoms with Gasteiger partial charge in [-0.1, -0.05) is 34.8 Å². The average molecular weight is 389 g/mol. The fraction of sp³-hybridized carbons (Fsp3) is 0.474. The zero-order valence-electron chi connectivity index (χ0n) is 13.5. The van der Waals surface area contributed by atoms with Gasteiger partial charge in [0.25, 0.3) is 0 Å². The number of pyridine rings is 1. The molecular weight excluding hydrogens is 368 g/mol. The highest BCUT2D eigenvalue weighted by molar-refractivity contribution is 9.10. The SMILES string of the molecule is O=C(O)C1CC2CCCCC2N1Cc1cc(Br)cc2cccnc12. The topological polar surface area (TPSA) is 53.4 Å². The molecule has 3 unspecified atom stereocenters. The fourth-order valence-electron chi connectivity index (χ4n) is 4.57. The molecule has 24 heavy (non-hydrogen) atoms. The van der Waals surface area contributed by atoms with Crippen LogP contribution in [0.15, 0.2) is 34.9 Å². The third kappa shape index (κ3) is 2.84. The summed E-state index contributed by atoms with van der Waals surface area (Å²) >= 11 is 3.58. The van der Waals surface area contributed by atoms with Crippen molar-refractivity contribution in [2.24, 2.45) is 5.92 Å². The molecule has 2 fully saturated rings.